The van der Waals surface area contributed by atoms with E-state index in [4.69, 9.17) is 11.2 Å². The summed E-state index contributed by atoms with van der Waals surface area (Å²) in [5, 5.41) is 2.44. The highest BCUT2D eigenvalue weighted by atomic mass is 32.2. The molecule has 0 aliphatic carbocycles. The molecule has 0 unspecified atom stereocenters. The van der Waals surface area contributed by atoms with Gasteiger partial charge in [0.1, 0.15) is 12.3 Å². The standard InChI is InChI=1S/C20H22N2O4S/c1-4-13-26-18-9-11-19(12-10-18)27(24,25)22(15-20(23)21-3)17-8-6-7-16(5-2)14-17/h2,6-12,14H,4,13,15H2,1,3H3,(H,21,23). The van der Waals surface area contributed by atoms with E-state index in [9.17, 15) is 13.2 Å². The second-order valence-corrected chi connectivity index (χ2v) is 7.56. The maximum absolute atomic E-state index is 13.2. The van der Waals surface area contributed by atoms with Crippen LogP contribution in [0.1, 0.15) is 18.9 Å². The molecule has 0 aromatic heterocycles. The number of carbonyl (C=O) groups excluding carboxylic acids is 1. The molecule has 0 aliphatic heterocycles. The third kappa shape index (κ3) is 5.02. The molecule has 0 spiro atoms. The quantitative estimate of drug-likeness (QED) is 0.707. The molecule has 2 aromatic carbocycles. The first kappa shape index (κ1) is 20.3. The Balaban J connectivity index is 2.43. The fourth-order valence-electron chi connectivity index (χ4n) is 2.33. The van der Waals surface area contributed by atoms with E-state index in [0.29, 0.717) is 23.6 Å². The van der Waals surface area contributed by atoms with Gasteiger partial charge in [-0.2, -0.15) is 0 Å². The smallest absolute Gasteiger partial charge is 0.264 e. The first-order chi connectivity index (χ1) is 12.9. The average molecular weight is 386 g/mol. The zero-order chi connectivity index (χ0) is 19.9. The summed E-state index contributed by atoms with van der Waals surface area (Å²) in [6.45, 7) is 2.18. The van der Waals surface area contributed by atoms with Gasteiger partial charge in [-0.3, -0.25) is 9.10 Å². The van der Waals surface area contributed by atoms with Crippen LogP contribution in [0.15, 0.2) is 53.4 Å². The van der Waals surface area contributed by atoms with E-state index in [-0.39, 0.29) is 11.4 Å². The Labute approximate surface area is 160 Å². The van der Waals surface area contributed by atoms with Crippen LogP contribution in [0.2, 0.25) is 0 Å². The number of nitrogens with one attached hydrogen (secondary N) is 1. The van der Waals surface area contributed by atoms with Crippen molar-refractivity contribution in [3.05, 3.63) is 54.1 Å². The lowest BCUT2D eigenvalue weighted by atomic mass is 10.2. The van der Waals surface area contributed by atoms with Crippen molar-refractivity contribution in [1.82, 2.24) is 5.32 Å². The fraction of sp³-hybridized carbons (Fsp3) is 0.250. The number of hydrogen-bond acceptors (Lipinski definition) is 4. The lowest BCUT2D eigenvalue weighted by molar-refractivity contribution is -0.119. The van der Waals surface area contributed by atoms with E-state index in [1.165, 1.54) is 19.2 Å². The summed E-state index contributed by atoms with van der Waals surface area (Å²) >= 11 is 0. The monoisotopic (exact) mass is 386 g/mol. The highest BCUT2D eigenvalue weighted by Crippen LogP contribution is 2.25. The molecule has 7 heteroatoms. The van der Waals surface area contributed by atoms with E-state index in [1.807, 2.05) is 6.92 Å². The summed E-state index contributed by atoms with van der Waals surface area (Å²) in [6.07, 6.45) is 6.26. The molecule has 0 fully saturated rings. The maximum Gasteiger partial charge on any atom is 0.264 e. The molecule has 2 rings (SSSR count). The van der Waals surface area contributed by atoms with Crippen molar-refractivity contribution in [1.29, 1.82) is 0 Å². The van der Waals surface area contributed by atoms with Gasteiger partial charge in [-0.05, 0) is 48.9 Å². The fourth-order valence-corrected chi connectivity index (χ4v) is 3.74. The Morgan fingerprint density at radius 1 is 1.22 bits per heavy atom. The SMILES string of the molecule is C#Cc1cccc(N(CC(=O)NC)S(=O)(=O)c2ccc(OCCC)cc2)c1. The minimum absolute atomic E-state index is 0.0568. The molecule has 1 amide bonds. The second kappa shape index (κ2) is 9.10. The summed E-state index contributed by atoms with van der Waals surface area (Å²) in [4.78, 5) is 12.0. The first-order valence-corrected chi connectivity index (χ1v) is 9.89. The molecule has 6 nitrogen and oxygen atoms in total. The molecular weight excluding hydrogens is 364 g/mol. The topological polar surface area (TPSA) is 75.7 Å². The van der Waals surface area contributed by atoms with Gasteiger partial charge < -0.3 is 10.1 Å². The van der Waals surface area contributed by atoms with E-state index in [0.717, 1.165) is 10.7 Å². The number of benzene rings is 2. The van der Waals surface area contributed by atoms with Gasteiger partial charge in [0.2, 0.25) is 5.91 Å². The average Bonchev–Trinajstić information content (AvgIpc) is 2.70. The molecule has 0 saturated heterocycles. The van der Waals surface area contributed by atoms with Crippen LogP contribution in [0, 0.1) is 12.3 Å². The lowest BCUT2D eigenvalue weighted by Crippen LogP contribution is -2.39. The molecule has 1 N–H and O–H groups in total. The molecule has 0 radical (unpaired) electrons. The molecule has 0 bridgehead atoms. The van der Waals surface area contributed by atoms with Crippen molar-refractivity contribution in [2.24, 2.45) is 0 Å². The highest BCUT2D eigenvalue weighted by Gasteiger charge is 2.27. The normalized spacial score (nSPS) is 10.7. The zero-order valence-corrected chi connectivity index (χ0v) is 16.1. The number of amides is 1. The number of carbonyl (C=O) groups is 1. The Morgan fingerprint density at radius 3 is 2.52 bits per heavy atom. The Kier molecular flexibility index (Phi) is 6.85. The van der Waals surface area contributed by atoms with Gasteiger partial charge in [-0.25, -0.2) is 8.42 Å². The second-order valence-electron chi connectivity index (χ2n) is 5.70. The molecule has 142 valence electrons. The van der Waals surface area contributed by atoms with Gasteiger partial charge in [-0.15, -0.1) is 6.42 Å². The molecule has 2 aromatic rings. The lowest BCUT2D eigenvalue weighted by Gasteiger charge is -2.24. The summed E-state index contributed by atoms with van der Waals surface area (Å²) in [6, 6.07) is 12.6. The van der Waals surface area contributed by atoms with Crippen molar-refractivity contribution in [2.45, 2.75) is 18.2 Å². The minimum atomic E-state index is -3.97. The predicted molar refractivity (Wildman–Crippen MR) is 105 cm³/mol. The Bertz CT molecular complexity index is 931. The van der Waals surface area contributed by atoms with Crippen LogP contribution in [-0.4, -0.2) is 34.5 Å². The van der Waals surface area contributed by atoms with E-state index in [1.54, 1.807) is 36.4 Å². The number of terminal acetylenes is 1. The Hall–Kier alpha value is -2.98. The number of likely N-dealkylation sites (N-methyl/N-ethyl adjacent to an activating group) is 1. The number of nitrogens with zero attached hydrogens (tertiary/aromatic N) is 1. The molecule has 0 aliphatic rings. The summed E-state index contributed by atoms with van der Waals surface area (Å²) in [5.74, 6) is 2.62. The van der Waals surface area contributed by atoms with E-state index < -0.39 is 15.9 Å². The molecule has 27 heavy (non-hydrogen) atoms. The van der Waals surface area contributed by atoms with Crippen LogP contribution in [-0.2, 0) is 14.8 Å². The van der Waals surface area contributed by atoms with E-state index in [2.05, 4.69) is 11.2 Å². The summed E-state index contributed by atoms with van der Waals surface area (Å²) < 4.78 is 32.8. The molecule has 0 atom stereocenters. The number of ether oxygens (including phenoxy) is 1. The van der Waals surface area contributed by atoms with Crippen molar-refractivity contribution in [3.8, 4) is 18.1 Å². The largest absolute Gasteiger partial charge is 0.494 e. The van der Waals surface area contributed by atoms with Crippen molar-refractivity contribution in [3.63, 3.8) is 0 Å². The number of hydrogen-bond donors (Lipinski definition) is 1. The van der Waals surface area contributed by atoms with Gasteiger partial charge >= 0.3 is 0 Å². The number of rotatable bonds is 8. The van der Waals surface area contributed by atoms with Gasteiger partial charge in [-0.1, -0.05) is 18.9 Å². The Morgan fingerprint density at radius 2 is 1.93 bits per heavy atom. The minimum Gasteiger partial charge on any atom is -0.494 e. The highest BCUT2D eigenvalue weighted by molar-refractivity contribution is 7.92. The van der Waals surface area contributed by atoms with Crippen molar-refractivity contribution in [2.75, 3.05) is 24.5 Å². The van der Waals surface area contributed by atoms with Crippen LogP contribution < -0.4 is 14.4 Å². The van der Waals surface area contributed by atoms with Crippen LogP contribution >= 0.6 is 0 Å². The van der Waals surface area contributed by atoms with Crippen molar-refractivity contribution >= 4 is 21.6 Å². The van der Waals surface area contributed by atoms with E-state index >= 15 is 0 Å². The molecule has 0 heterocycles. The van der Waals surface area contributed by atoms with Crippen LogP contribution in [0.4, 0.5) is 5.69 Å². The predicted octanol–water partition coefficient (Wildman–Crippen LogP) is 2.40. The van der Waals surface area contributed by atoms with Gasteiger partial charge in [0.15, 0.2) is 0 Å². The summed E-state index contributed by atoms with van der Waals surface area (Å²) in [5.41, 5.74) is 0.841. The van der Waals surface area contributed by atoms with Gasteiger partial charge in [0.05, 0.1) is 17.2 Å². The van der Waals surface area contributed by atoms with Crippen LogP contribution in [0.3, 0.4) is 0 Å². The molecular formula is C20H22N2O4S. The zero-order valence-electron chi connectivity index (χ0n) is 15.3. The summed E-state index contributed by atoms with van der Waals surface area (Å²) in [7, 11) is -2.52. The van der Waals surface area contributed by atoms with Crippen LogP contribution in [0.5, 0.6) is 5.75 Å². The van der Waals surface area contributed by atoms with Gasteiger partial charge in [0, 0.05) is 12.6 Å². The number of sulfonamides is 1. The number of anilines is 1. The van der Waals surface area contributed by atoms with Gasteiger partial charge in [0.25, 0.3) is 10.0 Å². The van der Waals surface area contributed by atoms with Crippen molar-refractivity contribution < 1.29 is 17.9 Å². The maximum atomic E-state index is 13.2. The third-order valence-corrected chi connectivity index (χ3v) is 5.54. The first-order valence-electron chi connectivity index (χ1n) is 8.45. The molecule has 0 saturated carbocycles. The third-order valence-electron chi connectivity index (χ3n) is 3.75. The van der Waals surface area contributed by atoms with Crippen LogP contribution in [0.25, 0.3) is 0 Å².